The average Bonchev–Trinajstić information content (AvgIpc) is 2.79. The molecule has 0 aliphatic carbocycles. The number of fused-ring (bicyclic) bond motifs is 1. The molecule has 1 aliphatic rings. The van der Waals surface area contributed by atoms with Crippen molar-refractivity contribution in [1.82, 2.24) is 4.90 Å². The first-order chi connectivity index (χ1) is 15.6. The van der Waals surface area contributed by atoms with E-state index in [1.165, 1.54) is 11.6 Å². The van der Waals surface area contributed by atoms with Crippen LogP contribution in [0.3, 0.4) is 0 Å². The monoisotopic (exact) mass is 436 g/mol. The summed E-state index contributed by atoms with van der Waals surface area (Å²) in [6, 6.07) is 14.7. The second-order valence-electron chi connectivity index (χ2n) is 7.92. The van der Waals surface area contributed by atoms with E-state index in [1.54, 1.807) is 12.1 Å². The van der Waals surface area contributed by atoms with E-state index in [-0.39, 0.29) is 18.1 Å². The molecular formula is C25H28N2O5. The molecule has 7 heteroatoms. The van der Waals surface area contributed by atoms with Crippen molar-refractivity contribution in [3.8, 4) is 5.75 Å². The van der Waals surface area contributed by atoms with E-state index in [0.717, 1.165) is 62.3 Å². The number of amides is 1. The number of morpholine rings is 1. The molecule has 1 fully saturated rings. The highest BCUT2D eigenvalue weighted by molar-refractivity contribution is 5.92. The molecule has 1 amide bonds. The lowest BCUT2D eigenvalue weighted by molar-refractivity contribution is -0.118. The predicted molar refractivity (Wildman–Crippen MR) is 123 cm³/mol. The number of aryl methyl sites for hydroxylation is 1. The summed E-state index contributed by atoms with van der Waals surface area (Å²) in [6.45, 7) is 6.23. The Morgan fingerprint density at radius 2 is 1.88 bits per heavy atom. The summed E-state index contributed by atoms with van der Waals surface area (Å²) in [6.07, 6.45) is 1.74. The van der Waals surface area contributed by atoms with Gasteiger partial charge in [-0.05, 0) is 41.8 Å². The van der Waals surface area contributed by atoms with Crippen LogP contribution in [-0.2, 0) is 22.5 Å². The average molecular weight is 437 g/mol. The summed E-state index contributed by atoms with van der Waals surface area (Å²) in [7, 11) is 0. The summed E-state index contributed by atoms with van der Waals surface area (Å²) < 4.78 is 16.3. The number of carbonyl (C=O) groups excluding carboxylic acids is 1. The zero-order valence-electron chi connectivity index (χ0n) is 18.3. The van der Waals surface area contributed by atoms with Crippen LogP contribution >= 0.6 is 0 Å². The summed E-state index contributed by atoms with van der Waals surface area (Å²) >= 11 is 0. The van der Waals surface area contributed by atoms with Crippen molar-refractivity contribution in [3.63, 3.8) is 0 Å². The summed E-state index contributed by atoms with van der Waals surface area (Å²) in [5.41, 5.74) is 2.96. The van der Waals surface area contributed by atoms with Crippen LogP contribution in [0.4, 0.5) is 5.69 Å². The van der Waals surface area contributed by atoms with Gasteiger partial charge in [0.1, 0.15) is 11.3 Å². The minimum Gasteiger partial charge on any atom is -0.484 e. The number of carbonyl (C=O) groups is 1. The molecule has 1 N–H and O–H groups in total. The number of hydrogen-bond donors (Lipinski definition) is 1. The van der Waals surface area contributed by atoms with Gasteiger partial charge < -0.3 is 19.2 Å². The number of nitrogens with one attached hydrogen (secondary N) is 1. The van der Waals surface area contributed by atoms with E-state index >= 15 is 0 Å². The quantitative estimate of drug-likeness (QED) is 0.544. The van der Waals surface area contributed by atoms with Crippen molar-refractivity contribution in [3.05, 3.63) is 70.1 Å². The largest absolute Gasteiger partial charge is 0.484 e. The smallest absolute Gasteiger partial charge is 0.336 e. The molecule has 1 aromatic heterocycles. The van der Waals surface area contributed by atoms with Crippen molar-refractivity contribution >= 4 is 22.6 Å². The van der Waals surface area contributed by atoms with Crippen LogP contribution in [0.15, 0.2) is 57.7 Å². The van der Waals surface area contributed by atoms with Gasteiger partial charge in [0.2, 0.25) is 0 Å². The van der Waals surface area contributed by atoms with E-state index in [0.29, 0.717) is 11.3 Å². The van der Waals surface area contributed by atoms with Crippen LogP contribution in [-0.4, -0.2) is 43.7 Å². The molecule has 4 rings (SSSR count). The second kappa shape index (κ2) is 10.4. The third-order valence-electron chi connectivity index (χ3n) is 5.44. The number of benzene rings is 2. The minimum atomic E-state index is -0.382. The van der Waals surface area contributed by atoms with E-state index < -0.39 is 0 Å². The number of hydrogen-bond acceptors (Lipinski definition) is 6. The molecule has 168 valence electrons. The first-order valence-corrected chi connectivity index (χ1v) is 11.0. The Labute approximate surface area is 186 Å². The van der Waals surface area contributed by atoms with Gasteiger partial charge in [-0.2, -0.15) is 0 Å². The van der Waals surface area contributed by atoms with Crippen molar-refractivity contribution in [1.29, 1.82) is 0 Å². The maximum Gasteiger partial charge on any atom is 0.336 e. The molecule has 0 radical (unpaired) electrons. The van der Waals surface area contributed by atoms with Crippen LogP contribution in [0.2, 0.25) is 0 Å². The molecular weight excluding hydrogens is 408 g/mol. The van der Waals surface area contributed by atoms with Gasteiger partial charge in [0, 0.05) is 42.8 Å². The Balaban J connectivity index is 1.32. The third-order valence-corrected chi connectivity index (χ3v) is 5.44. The van der Waals surface area contributed by atoms with E-state index in [4.69, 9.17) is 13.9 Å². The SMILES string of the molecule is CCCc1cc(=O)oc2cc(OCC(=O)Nc3ccc(CN4CCOCC4)cc3)ccc12. The molecule has 0 unspecified atom stereocenters. The Bertz CT molecular complexity index is 1120. The van der Waals surface area contributed by atoms with Gasteiger partial charge in [-0.3, -0.25) is 9.69 Å². The first kappa shape index (κ1) is 22.0. The molecule has 0 bridgehead atoms. The molecule has 0 saturated carbocycles. The highest BCUT2D eigenvalue weighted by Crippen LogP contribution is 2.23. The number of anilines is 1. The fourth-order valence-corrected chi connectivity index (χ4v) is 3.83. The van der Waals surface area contributed by atoms with E-state index in [1.807, 2.05) is 30.3 Å². The zero-order chi connectivity index (χ0) is 22.3. The topological polar surface area (TPSA) is 81.0 Å². The van der Waals surface area contributed by atoms with Crippen LogP contribution in [0.5, 0.6) is 5.75 Å². The Hall–Kier alpha value is -3.16. The van der Waals surface area contributed by atoms with Gasteiger partial charge in [-0.15, -0.1) is 0 Å². The predicted octanol–water partition coefficient (Wildman–Crippen LogP) is 3.60. The minimum absolute atomic E-state index is 0.139. The molecule has 2 heterocycles. The lowest BCUT2D eigenvalue weighted by Gasteiger charge is -2.26. The molecule has 32 heavy (non-hydrogen) atoms. The normalized spacial score (nSPS) is 14.4. The molecule has 0 spiro atoms. The fraction of sp³-hybridized carbons (Fsp3) is 0.360. The van der Waals surface area contributed by atoms with Crippen molar-refractivity contribution < 1.29 is 18.7 Å². The lowest BCUT2D eigenvalue weighted by atomic mass is 10.1. The van der Waals surface area contributed by atoms with Gasteiger partial charge in [0.25, 0.3) is 5.91 Å². The summed E-state index contributed by atoms with van der Waals surface area (Å²) in [5.74, 6) is 0.220. The molecule has 7 nitrogen and oxygen atoms in total. The van der Waals surface area contributed by atoms with Gasteiger partial charge in [-0.25, -0.2) is 4.79 Å². The molecule has 2 aromatic carbocycles. The Morgan fingerprint density at radius 3 is 2.62 bits per heavy atom. The summed E-state index contributed by atoms with van der Waals surface area (Å²) in [5, 5.41) is 3.73. The summed E-state index contributed by atoms with van der Waals surface area (Å²) in [4.78, 5) is 26.5. The number of rotatable bonds is 8. The van der Waals surface area contributed by atoms with Crippen LogP contribution in [0.25, 0.3) is 11.0 Å². The maximum absolute atomic E-state index is 12.3. The first-order valence-electron chi connectivity index (χ1n) is 11.0. The van der Waals surface area contributed by atoms with Crippen LogP contribution in [0, 0.1) is 0 Å². The highest BCUT2D eigenvalue weighted by atomic mass is 16.5. The van der Waals surface area contributed by atoms with Crippen molar-refractivity contribution in [2.75, 3.05) is 38.2 Å². The van der Waals surface area contributed by atoms with Crippen molar-refractivity contribution in [2.45, 2.75) is 26.3 Å². The zero-order valence-corrected chi connectivity index (χ0v) is 18.3. The molecule has 1 saturated heterocycles. The number of ether oxygens (including phenoxy) is 2. The highest BCUT2D eigenvalue weighted by Gasteiger charge is 2.11. The van der Waals surface area contributed by atoms with Gasteiger partial charge in [0.15, 0.2) is 6.61 Å². The van der Waals surface area contributed by atoms with Gasteiger partial charge in [-0.1, -0.05) is 25.5 Å². The van der Waals surface area contributed by atoms with E-state index in [9.17, 15) is 9.59 Å². The lowest BCUT2D eigenvalue weighted by Crippen LogP contribution is -2.35. The standard InChI is InChI=1S/C25H28N2O5/c1-2-3-19-14-25(29)32-23-15-21(8-9-22(19)23)31-17-24(28)26-20-6-4-18(5-7-20)16-27-10-12-30-13-11-27/h4-9,14-15H,2-3,10-13,16-17H2,1H3,(H,26,28). The Kier molecular flexibility index (Phi) is 7.19. The van der Waals surface area contributed by atoms with Crippen LogP contribution < -0.4 is 15.7 Å². The Morgan fingerprint density at radius 1 is 1.09 bits per heavy atom. The molecule has 3 aromatic rings. The molecule has 0 atom stereocenters. The molecule has 1 aliphatic heterocycles. The fourth-order valence-electron chi connectivity index (χ4n) is 3.83. The second-order valence-corrected chi connectivity index (χ2v) is 7.92. The van der Waals surface area contributed by atoms with E-state index in [2.05, 4.69) is 17.1 Å². The maximum atomic E-state index is 12.3. The van der Waals surface area contributed by atoms with Gasteiger partial charge >= 0.3 is 5.63 Å². The van der Waals surface area contributed by atoms with Crippen LogP contribution in [0.1, 0.15) is 24.5 Å². The van der Waals surface area contributed by atoms with Crippen molar-refractivity contribution in [2.24, 2.45) is 0 Å². The number of nitrogens with zero attached hydrogens (tertiary/aromatic N) is 1. The van der Waals surface area contributed by atoms with Gasteiger partial charge in [0.05, 0.1) is 13.2 Å². The third kappa shape index (κ3) is 5.75.